The topological polar surface area (TPSA) is 37.5 Å². The zero-order valence-corrected chi connectivity index (χ0v) is 9.62. The van der Waals surface area contributed by atoms with Gasteiger partial charge in [-0.15, -0.1) is 0 Å². The first-order chi connectivity index (χ1) is 6.50. The van der Waals surface area contributed by atoms with Gasteiger partial charge in [0.1, 0.15) is 10.3 Å². The maximum atomic E-state index is 9.93. The minimum atomic E-state index is -0.868. The molecule has 0 radical (unpaired) electrons. The number of fused-ring (bicyclic) bond motifs is 1. The van der Waals surface area contributed by atoms with Crippen molar-refractivity contribution in [1.29, 1.82) is 0 Å². The van der Waals surface area contributed by atoms with Crippen LogP contribution in [-0.2, 0) is 5.60 Å². The molecule has 1 N–H and O–H groups in total. The maximum absolute atomic E-state index is 9.93. The van der Waals surface area contributed by atoms with E-state index in [4.69, 9.17) is 0 Å². The number of aliphatic hydroxyl groups is 1. The Hall–Kier alpha value is -0.870. The maximum Gasteiger partial charge on any atom is 0.143 e. The van der Waals surface area contributed by atoms with Crippen LogP contribution in [0.15, 0.2) is 29.1 Å². The molecule has 2 aromatic heterocycles. The molecule has 74 valence electrons. The molecular weight excluding hydrogens is 244 g/mol. The smallest absolute Gasteiger partial charge is 0.143 e. The zero-order chi connectivity index (χ0) is 10.3. The van der Waals surface area contributed by atoms with Gasteiger partial charge >= 0.3 is 0 Å². The van der Waals surface area contributed by atoms with Crippen LogP contribution in [0.1, 0.15) is 19.4 Å². The van der Waals surface area contributed by atoms with Crippen molar-refractivity contribution in [3.05, 3.63) is 34.7 Å². The average molecular weight is 255 g/mol. The molecule has 0 saturated heterocycles. The van der Waals surface area contributed by atoms with Crippen molar-refractivity contribution in [3.63, 3.8) is 0 Å². The number of aromatic nitrogens is 2. The summed E-state index contributed by atoms with van der Waals surface area (Å²) >= 11 is 3.39. The molecular formula is C10H11BrN2O. The average Bonchev–Trinajstić information content (AvgIpc) is 2.46. The van der Waals surface area contributed by atoms with E-state index < -0.39 is 5.60 Å². The molecule has 2 heterocycles. The summed E-state index contributed by atoms with van der Waals surface area (Å²) in [6, 6.07) is 3.78. The molecule has 0 aliphatic carbocycles. The van der Waals surface area contributed by atoms with E-state index in [1.54, 1.807) is 20.0 Å². The third-order valence-corrected chi connectivity index (χ3v) is 2.74. The molecule has 0 fully saturated rings. The summed E-state index contributed by atoms with van der Waals surface area (Å²) in [5.41, 5.74) is 0.741. The van der Waals surface area contributed by atoms with Crippen LogP contribution >= 0.6 is 15.9 Å². The fraction of sp³-hybridized carbons (Fsp3) is 0.300. The Morgan fingerprint density at radius 3 is 2.86 bits per heavy atom. The van der Waals surface area contributed by atoms with Crippen molar-refractivity contribution in [2.45, 2.75) is 19.4 Å². The molecule has 0 amide bonds. The van der Waals surface area contributed by atoms with E-state index in [-0.39, 0.29) is 0 Å². The SMILES string of the molecule is CC(C)(O)c1cccn2c(Br)cnc12. The second kappa shape index (κ2) is 3.07. The van der Waals surface area contributed by atoms with Gasteiger partial charge in [0.15, 0.2) is 0 Å². The van der Waals surface area contributed by atoms with Gasteiger partial charge in [-0.1, -0.05) is 6.07 Å². The predicted molar refractivity (Wildman–Crippen MR) is 58.1 cm³/mol. The molecule has 0 aliphatic heterocycles. The Morgan fingerprint density at radius 2 is 2.21 bits per heavy atom. The van der Waals surface area contributed by atoms with Crippen molar-refractivity contribution in [1.82, 2.24) is 9.38 Å². The lowest BCUT2D eigenvalue weighted by Crippen LogP contribution is -2.16. The van der Waals surface area contributed by atoms with Crippen molar-refractivity contribution in [2.75, 3.05) is 0 Å². The number of nitrogens with zero attached hydrogens (tertiary/aromatic N) is 2. The number of rotatable bonds is 1. The van der Waals surface area contributed by atoms with Crippen LogP contribution in [0.2, 0.25) is 0 Å². The van der Waals surface area contributed by atoms with E-state index in [1.165, 1.54) is 0 Å². The molecule has 3 nitrogen and oxygen atoms in total. The number of hydrogen-bond acceptors (Lipinski definition) is 2. The lowest BCUT2D eigenvalue weighted by atomic mass is 10.00. The summed E-state index contributed by atoms with van der Waals surface area (Å²) in [5.74, 6) is 0. The first-order valence-corrected chi connectivity index (χ1v) is 5.14. The molecule has 0 saturated carbocycles. The van der Waals surface area contributed by atoms with Crippen LogP contribution in [0.25, 0.3) is 5.65 Å². The third kappa shape index (κ3) is 1.44. The summed E-state index contributed by atoms with van der Waals surface area (Å²) < 4.78 is 2.78. The Balaban J connectivity index is 2.79. The molecule has 0 bridgehead atoms. The molecule has 0 aromatic carbocycles. The first kappa shape index (κ1) is 9.68. The Bertz CT molecular complexity index is 470. The van der Waals surface area contributed by atoms with Crippen LogP contribution in [0.5, 0.6) is 0 Å². The number of pyridine rings is 1. The fourth-order valence-corrected chi connectivity index (χ4v) is 1.85. The van der Waals surface area contributed by atoms with Crippen LogP contribution in [0, 0.1) is 0 Å². The fourth-order valence-electron chi connectivity index (χ4n) is 1.46. The highest BCUT2D eigenvalue weighted by atomic mass is 79.9. The lowest BCUT2D eigenvalue weighted by Gasteiger charge is -2.18. The lowest BCUT2D eigenvalue weighted by molar-refractivity contribution is 0.0796. The van der Waals surface area contributed by atoms with Gasteiger partial charge in [0.05, 0.1) is 11.8 Å². The van der Waals surface area contributed by atoms with Crippen LogP contribution in [0.3, 0.4) is 0 Å². The summed E-state index contributed by atoms with van der Waals surface area (Å²) in [6.07, 6.45) is 3.63. The summed E-state index contributed by atoms with van der Waals surface area (Å²) in [6.45, 7) is 3.51. The van der Waals surface area contributed by atoms with Gasteiger partial charge in [0.2, 0.25) is 0 Å². The quantitative estimate of drug-likeness (QED) is 0.849. The van der Waals surface area contributed by atoms with Crippen molar-refractivity contribution >= 4 is 21.6 Å². The number of halogens is 1. The number of hydrogen-bond donors (Lipinski definition) is 1. The first-order valence-electron chi connectivity index (χ1n) is 4.34. The van der Waals surface area contributed by atoms with Crippen molar-refractivity contribution in [3.8, 4) is 0 Å². The Morgan fingerprint density at radius 1 is 1.50 bits per heavy atom. The summed E-state index contributed by atoms with van der Waals surface area (Å²) in [5, 5.41) is 9.93. The third-order valence-electron chi connectivity index (χ3n) is 2.15. The molecule has 0 unspecified atom stereocenters. The van der Waals surface area contributed by atoms with Gasteiger partial charge in [-0.25, -0.2) is 4.98 Å². The highest BCUT2D eigenvalue weighted by Gasteiger charge is 2.20. The minimum absolute atomic E-state index is 0.784. The van der Waals surface area contributed by atoms with E-state index in [1.807, 2.05) is 22.7 Å². The van der Waals surface area contributed by atoms with Gasteiger partial charge in [0, 0.05) is 11.8 Å². The van der Waals surface area contributed by atoms with Gasteiger partial charge in [-0.3, -0.25) is 4.40 Å². The van der Waals surface area contributed by atoms with Crippen LogP contribution < -0.4 is 0 Å². The Labute approximate surface area is 90.5 Å². The summed E-state index contributed by atoms with van der Waals surface area (Å²) in [4.78, 5) is 4.24. The molecule has 0 aliphatic rings. The predicted octanol–water partition coefficient (Wildman–Crippen LogP) is 2.32. The standard InChI is InChI=1S/C10H11BrN2O/c1-10(2,14)7-4-3-5-13-8(11)6-12-9(7)13/h3-6,14H,1-2H3. The highest BCUT2D eigenvalue weighted by molar-refractivity contribution is 9.10. The normalized spacial score (nSPS) is 12.3. The number of imidazole rings is 1. The second-order valence-corrected chi connectivity index (χ2v) is 4.57. The molecule has 4 heteroatoms. The van der Waals surface area contributed by atoms with Gasteiger partial charge in [-0.05, 0) is 35.8 Å². The molecule has 2 rings (SSSR count). The zero-order valence-electron chi connectivity index (χ0n) is 8.03. The largest absolute Gasteiger partial charge is 0.386 e. The molecule has 0 atom stereocenters. The summed E-state index contributed by atoms with van der Waals surface area (Å²) in [7, 11) is 0. The van der Waals surface area contributed by atoms with Crippen molar-refractivity contribution < 1.29 is 5.11 Å². The van der Waals surface area contributed by atoms with E-state index in [0.29, 0.717) is 0 Å². The van der Waals surface area contributed by atoms with E-state index in [2.05, 4.69) is 20.9 Å². The van der Waals surface area contributed by atoms with Gasteiger partial charge in [-0.2, -0.15) is 0 Å². The Kier molecular flexibility index (Phi) is 2.12. The minimum Gasteiger partial charge on any atom is -0.386 e. The molecule has 2 aromatic rings. The highest BCUT2D eigenvalue weighted by Crippen LogP contribution is 2.25. The van der Waals surface area contributed by atoms with Crippen LogP contribution in [-0.4, -0.2) is 14.5 Å². The van der Waals surface area contributed by atoms with Crippen molar-refractivity contribution in [2.24, 2.45) is 0 Å². The van der Waals surface area contributed by atoms with Crippen LogP contribution in [0.4, 0.5) is 0 Å². The van der Waals surface area contributed by atoms with Gasteiger partial charge < -0.3 is 5.11 Å². The van der Waals surface area contributed by atoms with E-state index in [9.17, 15) is 5.11 Å². The molecule has 0 spiro atoms. The molecule has 14 heavy (non-hydrogen) atoms. The second-order valence-electron chi connectivity index (χ2n) is 3.76. The monoisotopic (exact) mass is 254 g/mol. The van der Waals surface area contributed by atoms with E-state index in [0.717, 1.165) is 15.8 Å². The van der Waals surface area contributed by atoms with Gasteiger partial charge in [0.25, 0.3) is 0 Å². The van der Waals surface area contributed by atoms with E-state index >= 15 is 0 Å².